The standard InChI is InChI=1S/C15H26N2O2/c1-11-6-7-12(10-14(11)18-4)13(17-16)8-9-15(2,3)19-5/h6-7,10,13,17H,8-9,16H2,1-5H3. The molecular weight excluding hydrogens is 240 g/mol. The van der Waals surface area contributed by atoms with E-state index in [-0.39, 0.29) is 11.6 Å². The Bertz CT molecular complexity index is 405. The van der Waals surface area contributed by atoms with Crippen LogP contribution in [0, 0.1) is 6.92 Å². The lowest BCUT2D eigenvalue weighted by atomic mass is 9.94. The maximum atomic E-state index is 5.67. The van der Waals surface area contributed by atoms with Crippen molar-refractivity contribution in [1.82, 2.24) is 5.43 Å². The molecule has 4 heteroatoms. The molecule has 0 heterocycles. The molecule has 0 fully saturated rings. The zero-order valence-electron chi connectivity index (χ0n) is 12.6. The fraction of sp³-hybridized carbons (Fsp3) is 0.600. The van der Waals surface area contributed by atoms with E-state index < -0.39 is 0 Å². The lowest BCUT2D eigenvalue weighted by molar-refractivity contribution is 0.0117. The minimum absolute atomic E-state index is 0.101. The molecule has 0 aromatic heterocycles. The van der Waals surface area contributed by atoms with Gasteiger partial charge in [0, 0.05) is 13.2 Å². The van der Waals surface area contributed by atoms with Crippen LogP contribution >= 0.6 is 0 Å². The first-order valence-electron chi connectivity index (χ1n) is 6.59. The first-order chi connectivity index (χ1) is 8.93. The Morgan fingerprint density at radius 1 is 1.32 bits per heavy atom. The highest BCUT2D eigenvalue weighted by molar-refractivity contribution is 5.37. The average Bonchev–Trinajstić information content (AvgIpc) is 2.41. The third-order valence-corrected chi connectivity index (χ3v) is 3.62. The normalized spacial score (nSPS) is 13.4. The predicted octanol–water partition coefficient (Wildman–Crippen LogP) is 2.71. The molecule has 0 amide bonds. The Balaban J connectivity index is 2.80. The molecule has 1 atom stereocenters. The predicted molar refractivity (Wildman–Crippen MR) is 78.1 cm³/mol. The smallest absolute Gasteiger partial charge is 0.122 e. The highest BCUT2D eigenvalue weighted by Gasteiger charge is 2.20. The van der Waals surface area contributed by atoms with Gasteiger partial charge in [-0.25, -0.2) is 0 Å². The summed E-state index contributed by atoms with van der Waals surface area (Å²) in [5, 5.41) is 0. The summed E-state index contributed by atoms with van der Waals surface area (Å²) in [5.41, 5.74) is 5.00. The van der Waals surface area contributed by atoms with Gasteiger partial charge in [0.25, 0.3) is 0 Å². The van der Waals surface area contributed by atoms with E-state index in [4.69, 9.17) is 15.3 Å². The van der Waals surface area contributed by atoms with Gasteiger partial charge in [0.2, 0.25) is 0 Å². The van der Waals surface area contributed by atoms with Crippen LogP contribution in [0.4, 0.5) is 0 Å². The van der Waals surface area contributed by atoms with Crippen molar-refractivity contribution < 1.29 is 9.47 Å². The van der Waals surface area contributed by atoms with Gasteiger partial charge in [0.1, 0.15) is 5.75 Å². The van der Waals surface area contributed by atoms with Gasteiger partial charge in [-0.15, -0.1) is 0 Å². The van der Waals surface area contributed by atoms with Gasteiger partial charge >= 0.3 is 0 Å². The van der Waals surface area contributed by atoms with Crippen LogP contribution in [0.15, 0.2) is 18.2 Å². The lowest BCUT2D eigenvalue weighted by Crippen LogP contribution is -2.31. The molecule has 4 nitrogen and oxygen atoms in total. The molecule has 108 valence electrons. The van der Waals surface area contributed by atoms with E-state index in [2.05, 4.69) is 31.4 Å². The monoisotopic (exact) mass is 266 g/mol. The number of methoxy groups -OCH3 is 2. The summed E-state index contributed by atoms with van der Waals surface area (Å²) < 4.78 is 10.8. The number of hydrazine groups is 1. The topological polar surface area (TPSA) is 56.5 Å². The van der Waals surface area contributed by atoms with Crippen molar-refractivity contribution in [3.63, 3.8) is 0 Å². The summed E-state index contributed by atoms with van der Waals surface area (Å²) in [6.45, 7) is 6.19. The number of hydrogen-bond acceptors (Lipinski definition) is 4. The highest BCUT2D eigenvalue weighted by atomic mass is 16.5. The number of ether oxygens (including phenoxy) is 2. The second kappa shape index (κ2) is 6.89. The third-order valence-electron chi connectivity index (χ3n) is 3.62. The first kappa shape index (κ1) is 16.0. The number of nitrogens with two attached hydrogens (primary N) is 1. The highest BCUT2D eigenvalue weighted by Crippen LogP contribution is 2.27. The van der Waals surface area contributed by atoms with Crippen molar-refractivity contribution in [3.8, 4) is 5.75 Å². The van der Waals surface area contributed by atoms with Crippen molar-refractivity contribution in [2.75, 3.05) is 14.2 Å². The molecular formula is C15H26N2O2. The van der Waals surface area contributed by atoms with Gasteiger partial charge < -0.3 is 9.47 Å². The molecule has 0 saturated carbocycles. The number of nitrogens with one attached hydrogen (secondary N) is 1. The quantitative estimate of drug-likeness (QED) is 0.588. The Morgan fingerprint density at radius 3 is 2.53 bits per heavy atom. The van der Waals surface area contributed by atoms with Gasteiger partial charge in [-0.05, 0) is 50.8 Å². The Hall–Kier alpha value is -1.10. The summed E-state index contributed by atoms with van der Waals surface area (Å²) in [6.07, 6.45) is 1.83. The summed E-state index contributed by atoms with van der Waals surface area (Å²) in [6, 6.07) is 6.28. The molecule has 0 aliphatic carbocycles. The number of hydrogen-bond donors (Lipinski definition) is 2. The number of aryl methyl sites for hydroxylation is 1. The zero-order chi connectivity index (χ0) is 14.5. The summed E-state index contributed by atoms with van der Waals surface area (Å²) in [4.78, 5) is 0. The van der Waals surface area contributed by atoms with Gasteiger partial charge in [-0.1, -0.05) is 12.1 Å². The molecule has 1 aromatic carbocycles. The van der Waals surface area contributed by atoms with E-state index in [0.29, 0.717) is 0 Å². The summed E-state index contributed by atoms with van der Waals surface area (Å²) in [7, 11) is 3.42. The van der Waals surface area contributed by atoms with Crippen LogP contribution in [0.25, 0.3) is 0 Å². The molecule has 0 radical (unpaired) electrons. The van der Waals surface area contributed by atoms with Crippen LogP contribution in [0.1, 0.15) is 43.9 Å². The Labute approximate surface area is 116 Å². The van der Waals surface area contributed by atoms with Crippen LogP contribution in [0.3, 0.4) is 0 Å². The van der Waals surface area contributed by atoms with Gasteiger partial charge in [0.15, 0.2) is 0 Å². The van der Waals surface area contributed by atoms with Crippen LogP contribution in [0.5, 0.6) is 5.75 Å². The van der Waals surface area contributed by atoms with E-state index in [1.807, 2.05) is 13.0 Å². The molecule has 0 aliphatic rings. The number of benzene rings is 1. The Morgan fingerprint density at radius 2 is 2.00 bits per heavy atom. The minimum atomic E-state index is -0.135. The average molecular weight is 266 g/mol. The van der Waals surface area contributed by atoms with Crippen LogP contribution in [-0.4, -0.2) is 19.8 Å². The van der Waals surface area contributed by atoms with E-state index in [0.717, 1.165) is 29.7 Å². The fourth-order valence-corrected chi connectivity index (χ4v) is 1.99. The van der Waals surface area contributed by atoms with Crippen molar-refractivity contribution in [2.45, 2.75) is 45.3 Å². The molecule has 0 saturated heterocycles. The molecule has 0 bridgehead atoms. The zero-order valence-corrected chi connectivity index (χ0v) is 12.6. The van der Waals surface area contributed by atoms with Crippen LogP contribution in [-0.2, 0) is 4.74 Å². The van der Waals surface area contributed by atoms with Gasteiger partial charge in [-0.2, -0.15) is 0 Å². The molecule has 1 rings (SSSR count). The number of rotatable bonds is 7. The van der Waals surface area contributed by atoms with Gasteiger partial charge in [-0.3, -0.25) is 11.3 Å². The SMILES string of the molecule is COc1cc(C(CCC(C)(C)OC)NN)ccc1C. The van der Waals surface area contributed by atoms with Gasteiger partial charge in [0.05, 0.1) is 12.7 Å². The minimum Gasteiger partial charge on any atom is -0.496 e. The molecule has 1 aromatic rings. The molecule has 0 spiro atoms. The van der Waals surface area contributed by atoms with Crippen LogP contribution in [0.2, 0.25) is 0 Å². The third kappa shape index (κ3) is 4.49. The van der Waals surface area contributed by atoms with E-state index in [9.17, 15) is 0 Å². The largest absolute Gasteiger partial charge is 0.496 e. The molecule has 3 N–H and O–H groups in total. The fourth-order valence-electron chi connectivity index (χ4n) is 1.99. The Kier molecular flexibility index (Phi) is 5.79. The molecule has 1 unspecified atom stereocenters. The maximum Gasteiger partial charge on any atom is 0.122 e. The van der Waals surface area contributed by atoms with Crippen molar-refractivity contribution in [3.05, 3.63) is 29.3 Å². The first-order valence-corrected chi connectivity index (χ1v) is 6.59. The van der Waals surface area contributed by atoms with Crippen molar-refractivity contribution >= 4 is 0 Å². The van der Waals surface area contributed by atoms with E-state index in [1.54, 1.807) is 14.2 Å². The van der Waals surface area contributed by atoms with E-state index in [1.165, 1.54) is 0 Å². The second-order valence-corrected chi connectivity index (χ2v) is 5.45. The summed E-state index contributed by atoms with van der Waals surface area (Å²) in [5.74, 6) is 6.57. The van der Waals surface area contributed by atoms with Crippen LogP contribution < -0.4 is 16.0 Å². The molecule has 0 aliphatic heterocycles. The van der Waals surface area contributed by atoms with Crippen molar-refractivity contribution in [2.24, 2.45) is 5.84 Å². The second-order valence-electron chi connectivity index (χ2n) is 5.45. The van der Waals surface area contributed by atoms with Crippen molar-refractivity contribution in [1.29, 1.82) is 0 Å². The maximum absolute atomic E-state index is 5.67. The lowest BCUT2D eigenvalue weighted by Gasteiger charge is -2.26. The summed E-state index contributed by atoms with van der Waals surface area (Å²) >= 11 is 0. The molecule has 19 heavy (non-hydrogen) atoms. The van der Waals surface area contributed by atoms with E-state index >= 15 is 0 Å².